The third kappa shape index (κ3) is 1.81. The molecule has 2 aromatic rings. The first-order valence-electron chi connectivity index (χ1n) is 6.56. The van der Waals surface area contributed by atoms with Crippen molar-refractivity contribution in [1.82, 2.24) is 0 Å². The maximum atomic E-state index is 12.6. The van der Waals surface area contributed by atoms with Crippen LogP contribution in [-0.2, 0) is 0 Å². The largest absolute Gasteiger partial charge is 0.289 e. The van der Waals surface area contributed by atoms with Crippen LogP contribution in [0.25, 0.3) is 5.57 Å². The lowest BCUT2D eigenvalue weighted by atomic mass is 9.82. The van der Waals surface area contributed by atoms with Crippen molar-refractivity contribution in [2.24, 2.45) is 0 Å². The molecule has 2 nitrogen and oxygen atoms in total. The zero-order chi connectivity index (χ0) is 14.3. The SMILES string of the molecule is CC1=C(c2ccc(C)cc2)C(=O)c2ccccc2C1=O. The van der Waals surface area contributed by atoms with Crippen molar-refractivity contribution in [3.63, 3.8) is 0 Å². The lowest BCUT2D eigenvalue weighted by Crippen LogP contribution is -2.20. The van der Waals surface area contributed by atoms with Gasteiger partial charge in [0.25, 0.3) is 0 Å². The molecule has 0 amide bonds. The highest BCUT2D eigenvalue weighted by Crippen LogP contribution is 2.32. The molecule has 1 aliphatic carbocycles. The van der Waals surface area contributed by atoms with E-state index in [1.807, 2.05) is 31.2 Å². The summed E-state index contributed by atoms with van der Waals surface area (Å²) < 4.78 is 0. The number of fused-ring (bicyclic) bond motifs is 1. The summed E-state index contributed by atoms with van der Waals surface area (Å²) in [6.45, 7) is 3.72. The maximum absolute atomic E-state index is 12.6. The number of hydrogen-bond acceptors (Lipinski definition) is 2. The number of Topliss-reactive ketones (excluding diaryl/α,β-unsaturated/α-hetero) is 2. The normalized spacial score (nSPS) is 14.5. The Balaban J connectivity index is 2.21. The molecule has 0 N–H and O–H groups in total. The Labute approximate surface area is 117 Å². The molecule has 0 radical (unpaired) electrons. The first-order valence-corrected chi connectivity index (χ1v) is 6.56. The molecular formula is C18H14O2. The summed E-state index contributed by atoms with van der Waals surface area (Å²) in [6, 6.07) is 14.7. The number of allylic oxidation sites excluding steroid dienone is 2. The summed E-state index contributed by atoms with van der Waals surface area (Å²) in [6.07, 6.45) is 0. The summed E-state index contributed by atoms with van der Waals surface area (Å²) in [5, 5.41) is 0. The van der Waals surface area contributed by atoms with E-state index in [-0.39, 0.29) is 11.6 Å². The van der Waals surface area contributed by atoms with Gasteiger partial charge in [-0.05, 0) is 19.4 Å². The maximum Gasteiger partial charge on any atom is 0.194 e. The third-order valence-corrected chi connectivity index (χ3v) is 3.70. The van der Waals surface area contributed by atoms with E-state index in [0.29, 0.717) is 22.3 Å². The van der Waals surface area contributed by atoms with Crippen LogP contribution in [0.2, 0.25) is 0 Å². The van der Waals surface area contributed by atoms with Crippen molar-refractivity contribution in [3.05, 3.63) is 76.4 Å². The number of aryl methyl sites for hydroxylation is 1. The van der Waals surface area contributed by atoms with Crippen LogP contribution in [0, 0.1) is 6.92 Å². The monoisotopic (exact) mass is 262 g/mol. The number of hydrogen-bond donors (Lipinski definition) is 0. The van der Waals surface area contributed by atoms with Crippen molar-refractivity contribution in [1.29, 1.82) is 0 Å². The van der Waals surface area contributed by atoms with Crippen LogP contribution >= 0.6 is 0 Å². The van der Waals surface area contributed by atoms with E-state index in [2.05, 4.69) is 0 Å². The molecule has 0 atom stereocenters. The van der Waals surface area contributed by atoms with E-state index in [1.54, 1.807) is 31.2 Å². The summed E-state index contributed by atoms with van der Waals surface area (Å²) in [4.78, 5) is 25.1. The Hall–Kier alpha value is -2.48. The molecule has 0 saturated carbocycles. The van der Waals surface area contributed by atoms with Crippen molar-refractivity contribution in [2.45, 2.75) is 13.8 Å². The standard InChI is InChI=1S/C18H14O2/c1-11-7-9-13(10-8-11)16-12(2)17(19)14-5-3-4-6-15(14)18(16)20/h3-10H,1-2H3. The molecule has 0 unspecified atom stereocenters. The summed E-state index contributed by atoms with van der Waals surface area (Å²) in [7, 11) is 0. The van der Waals surface area contributed by atoms with E-state index in [1.165, 1.54) is 0 Å². The van der Waals surface area contributed by atoms with Gasteiger partial charge in [-0.1, -0.05) is 54.1 Å². The predicted molar refractivity (Wildman–Crippen MR) is 78.9 cm³/mol. The summed E-state index contributed by atoms with van der Waals surface area (Å²) in [5.74, 6) is -0.127. The Morgan fingerprint density at radius 3 is 1.85 bits per heavy atom. The fourth-order valence-electron chi connectivity index (χ4n) is 2.57. The second-order valence-electron chi connectivity index (χ2n) is 5.07. The smallest absolute Gasteiger partial charge is 0.194 e. The van der Waals surface area contributed by atoms with Gasteiger partial charge in [0.2, 0.25) is 0 Å². The Morgan fingerprint density at radius 2 is 1.25 bits per heavy atom. The van der Waals surface area contributed by atoms with Crippen LogP contribution < -0.4 is 0 Å². The minimum Gasteiger partial charge on any atom is -0.289 e. The number of rotatable bonds is 1. The number of carbonyl (C=O) groups is 2. The van der Waals surface area contributed by atoms with Gasteiger partial charge in [-0.25, -0.2) is 0 Å². The van der Waals surface area contributed by atoms with Crippen LogP contribution in [0.1, 0.15) is 38.8 Å². The molecule has 0 aromatic heterocycles. The van der Waals surface area contributed by atoms with Gasteiger partial charge >= 0.3 is 0 Å². The molecule has 1 aliphatic rings. The molecule has 3 rings (SSSR count). The van der Waals surface area contributed by atoms with Crippen LogP contribution in [0.4, 0.5) is 0 Å². The highest BCUT2D eigenvalue weighted by atomic mass is 16.1. The number of carbonyl (C=O) groups excluding carboxylic acids is 2. The quantitative estimate of drug-likeness (QED) is 0.782. The second-order valence-corrected chi connectivity index (χ2v) is 5.07. The zero-order valence-electron chi connectivity index (χ0n) is 11.4. The Morgan fingerprint density at radius 1 is 0.700 bits per heavy atom. The van der Waals surface area contributed by atoms with E-state index in [0.717, 1.165) is 11.1 Å². The first kappa shape index (κ1) is 12.5. The van der Waals surface area contributed by atoms with Crippen LogP contribution in [-0.4, -0.2) is 11.6 Å². The van der Waals surface area contributed by atoms with E-state index in [9.17, 15) is 9.59 Å². The van der Waals surface area contributed by atoms with Gasteiger partial charge in [-0.3, -0.25) is 9.59 Å². The molecule has 2 aromatic carbocycles. The number of benzene rings is 2. The zero-order valence-corrected chi connectivity index (χ0v) is 11.4. The van der Waals surface area contributed by atoms with Crippen LogP contribution in [0.5, 0.6) is 0 Å². The lowest BCUT2D eigenvalue weighted by molar-refractivity contribution is 0.0992. The molecule has 20 heavy (non-hydrogen) atoms. The molecule has 0 bridgehead atoms. The minimum atomic E-state index is -0.0680. The molecular weight excluding hydrogens is 248 g/mol. The van der Waals surface area contributed by atoms with Gasteiger partial charge < -0.3 is 0 Å². The molecule has 98 valence electrons. The average Bonchev–Trinajstić information content (AvgIpc) is 2.47. The van der Waals surface area contributed by atoms with E-state index >= 15 is 0 Å². The fourth-order valence-corrected chi connectivity index (χ4v) is 2.57. The first-order chi connectivity index (χ1) is 9.59. The summed E-state index contributed by atoms with van der Waals surface area (Å²) >= 11 is 0. The average molecular weight is 262 g/mol. The van der Waals surface area contributed by atoms with Gasteiger partial charge in [-0.2, -0.15) is 0 Å². The van der Waals surface area contributed by atoms with E-state index < -0.39 is 0 Å². The highest BCUT2D eigenvalue weighted by Gasteiger charge is 2.30. The molecule has 0 spiro atoms. The van der Waals surface area contributed by atoms with Crippen molar-refractivity contribution in [2.75, 3.05) is 0 Å². The summed E-state index contributed by atoms with van der Waals surface area (Å²) in [5.41, 5.74) is 3.98. The third-order valence-electron chi connectivity index (χ3n) is 3.70. The van der Waals surface area contributed by atoms with Crippen LogP contribution in [0.15, 0.2) is 54.1 Å². The van der Waals surface area contributed by atoms with Crippen LogP contribution in [0.3, 0.4) is 0 Å². The lowest BCUT2D eigenvalue weighted by Gasteiger charge is -2.19. The van der Waals surface area contributed by atoms with Gasteiger partial charge in [-0.15, -0.1) is 0 Å². The molecule has 2 heteroatoms. The predicted octanol–water partition coefficient (Wildman–Crippen LogP) is 3.85. The van der Waals surface area contributed by atoms with Gasteiger partial charge in [0.05, 0.1) is 0 Å². The Kier molecular flexibility index (Phi) is 2.87. The highest BCUT2D eigenvalue weighted by molar-refractivity contribution is 6.40. The second kappa shape index (κ2) is 4.57. The fraction of sp³-hybridized carbons (Fsp3) is 0.111. The molecule has 0 heterocycles. The van der Waals surface area contributed by atoms with Crippen molar-refractivity contribution >= 4 is 17.1 Å². The topological polar surface area (TPSA) is 34.1 Å². The van der Waals surface area contributed by atoms with Crippen molar-refractivity contribution in [3.8, 4) is 0 Å². The van der Waals surface area contributed by atoms with Gasteiger partial charge in [0, 0.05) is 22.3 Å². The van der Waals surface area contributed by atoms with Crippen molar-refractivity contribution < 1.29 is 9.59 Å². The molecule has 0 saturated heterocycles. The molecule has 0 fully saturated rings. The van der Waals surface area contributed by atoms with Gasteiger partial charge in [0.15, 0.2) is 11.6 Å². The minimum absolute atomic E-state index is 0.0595. The van der Waals surface area contributed by atoms with E-state index in [4.69, 9.17) is 0 Å². The number of ketones is 2. The molecule has 0 aliphatic heterocycles. The van der Waals surface area contributed by atoms with Gasteiger partial charge in [0.1, 0.15) is 0 Å². The Bertz CT molecular complexity index is 749.